The van der Waals surface area contributed by atoms with Crippen LogP contribution in [0.4, 0.5) is 5.82 Å². The van der Waals surface area contributed by atoms with Crippen molar-refractivity contribution in [1.82, 2.24) is 10.3 Å². The lowest BCUT2D eigenvalue weighted by Crippen LogP contribution is -2.24. The van der Waals surface area contributed by atoms with Crippen LogP contribution in [-0.4, -0.2) is 31.1 Å². The molecule has 2 N–H and O–H groups in total. The van der Waals surface area contributed by atoms with Crippen molar-refractivity contribution in [2.75, 3.05) is 25.5 Å². The number of nitrogens with one attached hydrogen (secondary N) is 2. The number of hydrogen-bond acceptors (Lipinski definition) is 5. The Balaban J connectivity index is 1.42. The van der Waals surface area contributed by atoms with E-state index in [-0.39, 0.29) is 5.91 Å². The second-order valence-electron chi connectivity index (χ2n) is 6.74. The van der Waals surface area contributed by atoms with E-state index in [1.54, 1.807) is 31.5 Å². The molecule has 1 aromatic heterocycles. The number of pyridine rings is 1. The van der Waals surface area contributed by atoms with Gasteiger partial charge in [0.1, 0.15) is 12.4 Å². The molecule has 1 amide bonds. The largest absolute Gasteiger partial charge is 0.493 e. The molecule has 0 aliphatic rings. The SMILES string of the molecule is COc1cc(C(=O)NCCCCNc2ccccn2)ccc1OCc1ccccc1. The molecule has 1 heterocycles. The Hall–Kier alpha value is -3.54. The number of unbranched alkanes of at least 4 members (excludes halogenated alkanes) is 1. The number of ether oxygens (including phenoxy) is 2. The average molecular weight is 405 g/mol. The van der Waals surface area contributed by atoms with Gasteiger partial charge in [0.2, 0.25) is 0 Å². The molecule has 0 saturated carbocycles. The van der Waals surface area contributed by atoms with Gasteiger partial charge < -0.3 is 20.1 Å². The summed E-state index contributed by atoms with van der Waals surface area (Å²) < 4.78 is 11.2. The average Bonchev–Trinajstić information content (AvgIpc) is 2.81. The maximum atomic E-state index is 12.4. The van der Waals surface area contributed by atoms with E-state index in [1.807, 2.05) is 48.5 Å². The number of anilines is 1. The van der Waals surface area contributed by atoms with Crippen LogP contribution in [0.2, 0.25) is 0 Å². The molecule has 156 valence electrons. The third-order valence-electron chi connectivity index (χ3n) is 4.52. The highest BCUT2D eigenvalue weighted by molar-refractivity contribution is 5.94. The van der Waals surface area contributed by atoms with Crippen LogP contribution in [0.3, 0.4) is 0 Å². The zero-order valence-corrected chi connectivity index (χ0v) is 17.1. The van der Waals surface area contributed by atoms with Gasteiger partial charge in [-0.05, 0) is 48.7 Å². The minimum absolute atomic E-state index is 0.124. The van der Waals surface area contributed by atoms with Crippen LogP contribution in [-0.2, 0) is 6.61 Å². The number of aromatic nitrogens is 1. The number of benzene rings is 2. The van der Waals surface area contributed by atoms with E-state index in [9.17, 15) is 4.79 Å². The van der Waals surface area contributed by atoms with Crippen molar-refractivity contribution in [1.29, 1.82) is 0 Å². The second-order valence-corrected chi connectivity index (χ2v) is 6.74. The summed E-state index contributed by atoms with van der Waals surface area (Å²) >= 11 is 0. The van der Waals surface area contributed by atoms with E-state index >= 15 is 0 Å². The molecule has 3 rings (SSSR count). The van der Waals surface area contributed by atoms with Gasteiger partial charge in [-0.2, -0.15) is 0 Å². The fourth-order valence-electron chi connectivity index (χ4n) is 2.90. The smallest absolute Gasteiger partial charge is 0.251 e. The zero-order chi connectivity index (χ0) is 21.0. The van der Waals surface area contributed by atoms with Crippen molar-refractivity contribution in [3.05, 3.63) is 84.1 Å². The predicted molar refractivity (Wildman–Crippen MR) is 118 cm³/mol. The van der Waals surface area contributed by atoms with Crippen molar-refractivity contribution in [3.8, 4) is 11.5 Å². The lowest BCUT2D eigenvalue weighted by atomic mass is 10.2. The first-order chi connectivity index (χ1) is 14.8. The minimum atomic E-state index is -0.124. The van der Waals surface area contributed by atoms with Gasteiger partial charge in [0, 0.05) is 24.8 Å². The van der Waals surface area contributed by atoms with Gasteiger partial charge in [-0.3, -0.25) is 4.79 Å². The van der Waals surface area contributed by atoms with E-state index in [0.29, 0.717) is 30.2 Å². The van der Waals surface area contributed by atoms with Crippen LogP contribution >= 0.6 is 0 Å². The quantitative estimate of drug-likeness (QED) is 0.466. The molecule has 0 unspecified atom stereocenters. The maximum absolute atomic E-state index is 12.4. The Morgan fingerprint density at radius 1 is 0.933 bits per heavy atom. The van der Waals surface area contributed by atoms with Crippen LogP contribution < -0.4 is 20.1 Å². The first-order valence-electron chi connectivity index (χ1n) is 10.0. The van der Waals surface area contributed by atoms with E-state index in [2.05, 4.69) is 15.6 Å². The summed E-state index contributed by atoms with van der Waals surface area (Å²) in [6.45, 7) is 1.86. The van der Waals surface area contributed by atoms with Gasteiger partial charge in [0.25, 0.3) is 5.91 Å². The third-order valence-corrected chi connectivity index (χ3v) is 4.52. The van der Waals surface area contributed by atoms with Gasteiger partial charge in [-0.25, -0.2) is 4.98 Å². The van der Waals surface area contributed by atoms with Crippen molar-refractivity contribution in [2.24, 2.45) is 0 Å². The molecule has 0 saturated heterocycles. The summed E-state index contributed by atoms with van der Waals surface area (Å²) in [6.07, 6.45) is 3.57. The van der Waals surface area contributed by atoms with Gasteiger partial charge in [-0.1, -0.05) is 36.4 Å². The second kappa shape index (κ2) is 11.5. The van der Waals surface area contributed by atoms with Crippen LogP contribution in [0.5, 0.6) is 11.5 Å². The highest BCUT2D eigenvalue weighted by Gasteiger charge is 2.11. The fourth-order valence-corrected chi connectivity index (χ4v) is 2.90. The van der Waals surface area contributed by atoms with Crippen LogP contribution in [0.15, 0.2) is 72.9 Å². The molecule has 6 nitrogen and oxygen atoms in total. The Bertz CT molecular complexity index is 917. The molecule has 2 aromatic carbocycles. The van der Waals surface area contributed by atoms with E-state index in [0.717, 1.165) is 30.8 Å². The first-order valence-corrected chi connectivity index (χ1v) is 10.0. The van der Waals surface area contributed by atoms with Crippen LogP contribution in [0, 0.1) is 0 Å². The van der Waals surface area contributed by atoms with Gasteiger partial charge in [-0.15, -0.1) is 0 Å². The molecule has 30 heavy (non-hydrogen) atoms. The summed E-state index contributed by atoms with van der Waals surface area (Å²) in [6, 6.07) is 20.9. The lowest BCUT2D eigenvalue weighted by molar-refractivity contribution is 0.0952. The molecule has 0 aliphatic carbocycles. The highest BCUT2D eigenvalue weighted by Crippen LogP contribution is 2.28. The van der Waals surface area contributed by atoms with Gasteiger partial charge in [0.15, 0.2) is 11.5 Å². The van der Waals surface area contributed by atoms with Crippen molar-refractivity contribution in [2.45, 2.75) is 19.4 Å². The number of amides is 1. The predicted octanol–water partition coefficient (Wildman–Crippen LogP) is 4.29. The molecular weight excluding hydrogens is 378 g/mol. The van der Waals surface area contributed by atoms with E-state index in [4.69, 9.17) is 9.47 Å². The first kappa shape index (κ1) is 21.2. The lowest BCUT2D eigenvalue weighted by Gasteiger charge is -2.12. The molecule has 0 radical (unpaired) electrons. The molecule has 0 aliphatic heterocycles. The Morgan fingerprint density at radius 3 is 2.50 bits per heavy atom. The molecule has 6 heteroatoms. The number of methoxy groups -OCH3 is 1. The topological polar surface area (TPSA) is 72.5 Å². The van der Waals surface area contributed by atoms with Crippen molar-refractivity contribution < 1.29 is 14.3 Å². The monoisotopic (exact) mass is 405 g/mol. The Morgan fingerprint density at radius 2 is 1.73 bits per heavy atom. The van der Waals surface area contributed by atoms with Gasteiger partial charge in [0.05, 0.1) is 7.11 Å². The Kier molecular flexibility index (Phi) is 8.09. The molecular formula is C24H27N3O3. The minimum Gasteiger partial charge on any atom is -0.493 e. The number of carbonyl (C=O) groups is 1. The summed E-state index contributed by atoms with van der Waals surface area (Å²) in [5.74, 6) is 1.89. The number of rotatable bonds is 11. The highest BCUT2D eigenvalue weighted by atomic mass is 16.5. The van der Waals surface area contributed by atoms with Crippen molar-refractivity contribution >= 4 is 11.7 Å². The maximum Gasteiger partial charge on any atom is 0.251 e. The van der Waals surface area contributed by atoms with Crippen molar-refractivity contribution in [3.63, 3.8) is 0 Å². The summed E-state index contributed by atoms with van der Waals surface area (Å²) in [4.78, 5) is 16.6. The summed E-state index contributed by atoms with van der Waals surface area (Å²) in [5, 5.41) is 6.20. The van der Waals surface area contributed by atoms with Gasteiger partial charge >= 0.3 is 0 Å². The molecule has 0 bridgehead atoms. The number of carbonyl (C=O) groups excluding carboxylic acids is 1. The molecule has 0 atom stereocenters. The molecule has 3 aromatic rings. The third kappa shape index (κ3) is 6.51. The summed E-state index contributed by atoms with van der Waals surface area (Å²) in [7, 11) is 1.57. The summed E-state index contributed by atoms with van der Waals surface area (Å²) in [5.41, 5.74) is 1.62. The van der Waals surface area contributed by atoms with Crippen LogP contribution in [0.1, 0.15) is 28.8 Å². The standard InChI is InChI=1S/C24H27N3O3/c1-29-22-17-20(12-13-21(22)30-18-19-9-3-2-4-10-19)24(28)27-16-8-7-15-26-23-11-5-6-14-25-23/h2-6,9-14,17H,7-8,15-16,18H2,1H3,(H,25,26)(H,27,28). The van der Waals surface area contributed by atoms with E-state index in [1.165, 1.54) is 0 Å². The fraction of sp³-hybridized carbons (Fsp3) is 0.250. The molecule has 0 fully saturated rings. The zero-order valence-electron chi connectivity index (χ0n) is 17.1. The van der Waals surface area contributed by atoms with Crippen LogP contribution in [0.25, 0.3) is 0 Å². The number of hydrogen-bond donors (Lipinski definition) is 2. The van der Waals surface area contributed by atoms with E-state index < -0.39 is 0 Å². The Labute approximate surface area is 177 Å². The molecule has 0 spiro atoms. The number of nitrogens with zero attached hydrogens (tertiary/aromatic N) is 1. The normalized spacial score (nSPS) is 10.3.